The van der Waals surface area contributed by atoms with Gasteiger partial charge in [0.2, 0.25) is 0 Å². The summed E-state index contributed by atoms with van der Waals surface area (Å²) in [5.74, 6) is -0.668. The van der Waals surface area contributed by atoms with Gasteiger partial charge in [-0.15, -0.1) is 11.8 Å². The number of thioether (sulfide) groups is 1. The maximum Gasteiger partial charge on any atom is 0.316 e. The van der Waals surface area contributed by atoms with Gasteiger partial charge in [-0.3, -0.25) is 4.79 Å². The molecule has 2 rings (SSSR count). The van der Waals surface area contributed by atoms with Crippen molar-refractivity contribution in [2.24, 2.45) is 0 Å². The normalized spacial score (nSPS) is 18.7. The molecule has 1 aromatic carbocycles. The predicted octanol–water partition coefficient (Wildman–Crippen LogP) is 4.14. The zero-order valence-electron chi connectivity index (χ0n) is 11.3. The number of carboxylic acid groups (broad SMARTS) is 1. The Labute approximate surface area is 119 Å². The highest BCUT2D eigenvalue weighted by molar-refractivity contribution is 8.01. The summed E-state index contributed by atoms with van der Waals surface area (Å²) in [6, 6.07) is 9.96. The minimum Gasteiger partial charge on any atom is -0.480 e. The number of rotatable bonds is 5. The molecule has 1 aromatic rings. The van der Waals surface area contributed by atoms with Gasteiger partial charge < -0.3 is 5.11 Å². The zero-order chi connectivity index (χ0) is 13.5. The first-order chi connectivity index (χ1) is 9.25. The van der Waals surface area contributed by atoms with Gasteiger partial charge in [0.15, 0.2) is 0 Å². The van der Waals surface area contributed by atoms with Gasteiger partial charge >= 0.3 is 5.97 Å². The first-order valence-corrected chi connectivity index (χ1v) is 8.12. The molecule has 1 aliphatic carbocycles. The lowest BCUT2D eigenvalue weighted by molar-refractivity contribution is -0.136. The van der Waals surface area contributed by atoms with E-state index in [1.54, 1.807) is 11.8 Å². The third-order valence-corrected chi connectivity index (χ3v) is 5.25. The number of aliphatic carboxylic acids is 1. The quantitative estimate of drug-likeness (QED) is 0.823. The first kappa shape index (κ1) is 14.4. The van der Waals surface area contributed by atoms with Gasteiger partial charge in [0.1, 0.15) is 5.25 Å². The Morgan fingerprint density at radius 2 is 1.79 bits per heavy atom. The lowest BCUT2D eigenvalue weighted by Gasteiger charge is -2.19. The number of carboxylic acids is 1. The fourth-order valence-electron chi connectivity index (χ4n) is 2.63. The molecule has 0 heterocycles. The SMILES string of the molecule is O=C(O)C(Cc1ccccc1)SC1CCCCCC1. The van der Waals surface area contributed by atoms with Crippen molar-refractivity contribution in [3.63, 3.8) is 0 Å². The van der Waals surface area contributed by atoms with Crippen LogP contribution in [0.5, 0.6) is 0 Å². The Kier molecular flexibility index (Phi) is 5.77. The van der Waals surface area contributed by atoms with Crippen molar-refractivity contribution in [1.29, 1.82) is 0 Å². The summed E-state index contributed by atoms with van der Waals surface area (Å²) < 4.78 is 0. The Morgan fingerprint density at radius 3 is 2.37 bits per heavy atom. The minimum absolute atomic E-state index is 0.300. The van der Waals surface area contributed by atoms with Gasteiger partial charge in [-0.25, -0.2) is 0 Å². The van der Waals surface area contributed by atoms with E-state index in [2.05, 4.69) is 0 Å². The second-order valence-corrected chi connectivity index (χ2v) is 6.77. The van der Waals surface area contributed by atoms with Gasteiger partial charge in [0.25, 0.3) is 0 Å². The second kappa shape index (κ2) is 7.59. The molecule has 0 aromatic heterocycles. The molecule has 1 unspecified atom stereocenters. The van der Waals surface area contributed by atoms with Crippen molar-refractivity contribution in [3.05, 3.63) is 35.9 Å². The summed E-state index contributed by atoms with van der Waals surface area (Å²) in [6.45, 7) is 0. The summed E-state index contributed by atoms with van der Waals surface area (Å²) in [5.41, 5.74) is 1.12. The molecule has 0 radical (unpaired) electrons. The molecule has 1 saturated carbocycles. The maximum atomic E-state index is 11.4. The first-order valence-electron chi connectivity index (χ1n) is 7.18. The zero-order valence-corrected chi connectivity index (χ0v) is 12.1. The van der Waals surface area contributed by atoms with E-state index >= 15 is 0 Å². The lowest BCUT2D eigenvalue weighted by Crippen LogP contribution is -2.22. The molecule has 1 N–H and O–H groups in total. The summed E-state index contributed by atoms with van der Waals surface area (Å²) in [5, 5.41) is 9.65. The van der Waals surface area contributed by atoms with Crippen LogP contribution in [0.15, 0.2) is 30.3 Å². The Morgan fingerprint density at radius 1 is 1.16 bits per heavy atom. The van der Waals surface area contributed by atoms with Crippen LogP contribution in [-0.2, 0) is 11.2 Å². The highest BCUT2D eigenvalue weighted by Gasteiger charge is 2.24. The van der Waals surface area contributed by atoms with E-state index in [-0.39, 0.29) is 5.25 Å². The Hall–Kier alpha value is -0.960. The average Bonchev–Trinajstić information content (AvgIpc) is 2.68. The number of hydrogen-bond donors (Lipinski definition) is 1. The Bertz CT molecular complexity index is 383. The van der Waals surface area contributed by atoms with E-state index in [1.165, 1.54) is 38.5 Å². The summed E-state index contributed by atoms with van der Waals surface area (Å²) in [4.78, 5) is 11.4. The van der Waals surface area contributed by atoms with Crippen LogP contribution in [-0.4, -0.2) is 21.6 Å². The van der Waals surface area contributed by atoms with Gasteiger partial charge in [-0.05, 0) is 24.8 Å². The number of carbonyl (C=O) groups is 1. The predicted molar refractivity (Wildman–Crippen MR) is 80.7 cm³/mol. The van der Waals surface area contributed by atoms with Crippen LogP contribution in [0.4, 0.5) is 0 Å². The molecule has 19 heavy (non-hydrogen) atoms. The van der Waals surface area contributed by atoms with Crippen LogP contribution in [0.2, 0.25) is 0 Å². The van der Waals surface area contributed by atoms with Crippen LogP contribution in [0.3, 0.4) is 0 Å². The van der Waals surface area contributed by atoms with Gasteiger partial charge in [0, 0.05) is 5.25 Å². The fourth-order valence-corrected chi connectivity index (χ4v) is 4.11. The van der Waals surface area contributed by atoms with Crippen LogP contribution in [0, 0.1) is 0 Å². The molecule has 0 saturated heterocycles. The summed E-state index contributed by atoms with van der Waals surface area (Å²) >= 11 is 1.68. The van der Waals surface area contributed by atoms with Crippen molar-refractivity contribution >= 4 is 17.7 Å². The van der Waals surface area contributed by atoms with E-state index < -0.39 is 5.97 Å². The van der Waals surface area contributed by atoms with Crippen molar-refractivity contribution in [2.45, 2.75) is 55.4 Å². The molecular formula is C16H22O2S. The average molecular weight is 278 g/mol. The minimum atomic E-state index is -0.668. The third kappa shape index (κ3) is 4.90. The second-order valence-electron chi connectivity index (χ2n) is 5.27. The molecule has 0 amide bonds. The van der Waals surface area contributed by atoms with E-state index in [4.69, 9.17) is 0 Å². The molecule has 0 aliphatic heterocycles. The molecule has 0 spiro atoms. The van der Waals surface area contributed by atoms with E-state index in [0.29, 0.717) is 11.7 Å². The fraction of sp³-hybridized carbons (Fsp3) is 0.562. The van der Waals surface area contributed by atoms with Crippen LogP contribution < -0.4 is 0 Å². The van der Waals surface area contributed by atoms with E-state index in [1.807, 2.05) is 30.3 Å². The highest BCUT2D eigenvalue weighted by Crippen LogP contribution is 2.31. The van der Waals surface area contributed by atoms with Crippen molar-refractivity contribution in [1.82, 2.24) is 0 Å². The van der Waals surface area contributed by atoms with E-state index in [9.17, 15) is 9.90 Å². The van der Waals surface area contributed by atoms with Crippen LogP contribution in [0.25, 0.3) is 0 Å². The third-order valence-electron chi connectivity index (χ3n) is 3.70. The molecular weight excluding hydrogens is 256 g/mol. The van der Waals surface area contributed by atoms with Crippen LogP contribution in [0.1, 0.15) is 44.1 Å². The summed E-state index contributed by atoms with van der Waals surface area (Å²) in [7, 11) is 0. The van der Waals surface area contributed by atoms with Crippen molar-refractivity contribution in [3.8, 4) is 0 Å². The summed E-state index contributed by atoms with van der Waals surface area (Å²) in [6.07, 6.45) is 8.15. The Balaban J connectivity index is 1.94. The number of hydrogen-bond acceptors (Lipinski definition) is 2. The van der Waals surface area contributed by atoms with Gasteiger partial charge in [-0.2, -0.15) is 0 Å². The number of benzene rings is 1. The van der Waals surface area contributed by atoms with Crippen LogP contribution >= 0.6 is 11.8 Å². The molecule has 0 bridgehead atoms. The largest absolute Gasteiger partial charge is 0.480 e. The molecule has 1 aliphatic rings. The van der Waals surface area contributed by atoms with Gasteiger partial charge in [-0.1, -0.05) is 56.0 Å². The molecule has 1 atom stereocenters. The highest BCUT2D eigenvalue weighted by atomic mass is 32.2. The topological polar surface area (TPSA) is 37.3 Å². The molecule has 1 fully saturated rings. The van der Waals surface area contributed by atoms with Crippen molar-refractivity contribution < 1.29 is 9.90 Å². The molecule has 2 nitrogen and oxygen atoms in total. The maximum absolute atomic E-state index is 11.4. The molecule has 104 valence electrons. The lowest BCUT2D eigenvalue weighted by atomic mass is 10.1. The standard InChI is InChI=1S/C16H22O2S/c17-16(18)15(12-13-8-4-3-5-9-13)19-14-10-6-1-2-7-11-14/h3-5,8-9,14-15H,1-2,6-7,10-12H2,(H,17,18). The van der Waals surface area contributed by atoms with Crippen molar-refractivity contribution in [2.75, 3.05) is 0 Å². The smallest absolute Gasteiger partial charge is 0.316 e. The molecule has 3 heteroatoms. The van der Waals surface area contributed by atoms with E-state index in [0.717, 1.165) is 5.56 Å². The van der Waals surface area contributed by atoms with Gasteiger partial charge in [0.05, 0.1) is 0 Å². The monoisotopic (exact) mass is 278 g/mol.